The number of carbonyl (C=O) groups is 2. The fourth-order valence-electron chi connectivity index (χ4n) is 2.61. The zero-order chi connectivity index (χ0) is 18.9. The maximum absolute atomic E-state index is 12.9. The van der Waals surface area contributed by atoms with Crippen LogP contribution in [0, 0.1) is 0 Å². The summed E-state index contributed by atoms with van der Waals surface area (Å²) in [5.41, 5.74) is -0.237. The van der Waals surface area contributed by atoms with E-state index in [9.17, 15) is 22.8 Å². The molecule has 0 bridgehead atoms. The minimum Gasteiger partial charge on any atom is -0.465 e. The van der Waals surface area contributed by atoms with Crippen LogP contribution in [0.4, 0.5) is 18.9 Å². The molecule has 1 saturated carbocycles. The second kappa shape index (κ2) is 6.81. The number of para-hydroxylation sites is 1. The zero-order valence-corrected chi connectivity index (χ0v) is 13.8. The molecule has 26 heavy (non-hydrogen) atoms. The summed E-state index contributed by atoms with van der Waals surface area (Å²) in [7, 11) is 1.21. The number of ether oxygens (including phenoxy) is 1. The number of nitrogens with one attached hydrogen (secondary N) is 1. The Morgan fingerprint density at radius 1 is 1.31 bits per heavy atom. The van der Waals surface area contributed by atoms with Crippen molar-refractivity contribution in [3.63, 3.8) is 0 Å². The maximum Gasteiger partial charge on any atom is 0.435 e. The number of alkyl halides is 3. The lowest BCUT2D eigenvalue weighted by molar-refractivity contribution is -0.141. The molecule has 1 fully saturated rings. The van der Waals surface area contributed by atoms with Crippen LogP contribution in [0.15, 0.2) is 30.3 Å². The molecule has 1 aromatic heterocycles. The van der Waals surface area contributed by atoms with E-state index in [0.717, 1.165) is 23.6 Å². The van der Waals surface area contributed by atoms with Gasteiger partial charge in [0.1, 0.15) is 6.54 Å². The third kappa shape index (κ3) is 3.87. The fraction of sp³-hybridized carbons (Fsp3) is 0.353. The van der Waals surface area contributed by atoms with Gasteiger partial charge in [0.25, 0.3) is 0 Å². The van der Waals surface area contributed by atoms with Crippen molar-refractivity contribution in [2.24, 2.45) is 0 Å². The van der Waals surface area contributed by atoms with Gasteiger partial charge in [0.2, 0.25) is 5.91 Å². The number of methoxy groups -OCH3 is 1. The number of hydrogen-bond donors (Lipinski definition) is 1. The number of esters is 1. The van der Waals surface area contributed by atoms with Crippen LogP contribution in [-0.4, -0.2) is 28.8 Å². The topological polar surface area (TPSA) is 73.2 Å². The molecule has 3 rings (SSSR count). The highest BCUT2D eigenvalue weighted by atomic mass is 19.4. The first kappa shape index (κ1) is 18.0. The summed E-state index contributed by atoms with van der Waals surface area (Å²) in [6, 6.07) is 7.21. The molecule has 0 radical (unpaired) electrons. The number of hydrogen-bond acceptors (Lipinski definition) is 4. The maximum atomic E-state index is 12.9. The van der Waals surface area contributed by atoms with Crippen LogP contribution in [0.25, 0.3) is 0 Å². The molecule has 138 valence electrons. The smallest absolute Gasteiger partial charge is 0.435 e. The number of nitrogens with zero attached hydrogens (tertiary/aromatic N) is 2. The van der Waals surface area contributed by atoms with E-state index < -0.39 is 23.7 Å². The number of benzene rings is 1. The van der Waals surface area contributed by atoms with Crippen molar-refractivity contribution >= 4 is 17.6 Å². The summed E-state index contributed by atoms with van der Waals surface area (Å²) in [5.74, 6) is -1.22. The van der Waals surface area contributed by atoms with Crippen LogP contribution in [0.2, 0.25) is 0 Å². The Morgan fingerprint density at radius 3 is 2.62 bits per heavy atom. The van der Waals surface area contributed by atoms with Gasteiger partial charge in [-0.1, -0.05) is 12.1 Å². The molecule has 9 heteroatoms. The van der Waals surface area contributed by atoms with E-state index in [-0.39, 0.29) is 23.7 Å². The van der Waals surface area contributed by atoms with Gasteiger partial charge >= 0.3 is 12.1 Å². The first-order valence-electron chi connectivity index (χ1n) is 7.91. The van der Waals surface area contributed by atoms with Crippen molar-refractivity contribution in [3.8, 4) is 0 Å². The van der Waals surface area contributed by atoms with Crippen molar-refractivity contribution in [2.75, 3.05) is 12.4 Å². The summed E-state index contributed by atoms with van der Waals surface area (Å²) in [6.07, 6.45) is -3.02. The van der Waals surface area contributed by atoms with E-state index in [1.165, 1.54) is 19.2 Å². The molecule has 0 atom stereocenters. The Labute approximate surface area is 146 Å². The zero-order valence-electron chi connectivity index (χ0n) is 13.8. The lowest BCUT2D eigenvalue weighted by Gasteiger charge is -2.11. The van der Waals surface area contributed by atoms with E-state index in [2.05, 4.69) is 15.2 Å². The predicted octanol–water partition coefficient (Wildman–Crippen LogP) is 3.20. The average Bonchev–Trinajstić information content (AvgIpc) is 3.34. The van der Waals surface area contributed by atoms with Gasteiger partial charge in [-0.3, -0.25) is 9.48 Å². The SMILES string of the molecule is COC(=O)c1ccccc1NC(=O)Cn1nc(C(F)(F)F)cc1C1CC1. The second-order valence-corrected chi connectivity index (χ2v) is 5.97. The van der Waals surface area contributed by atoms with Crippen LogP contribution >= 0.6 is 0 Å². The normalized spacial score (nSPS) is 14.2. The lowest BCUT2D eigenvalue weighted by Crippen LogP contribution is -2.22. The predicted molar refractivity (Wildman–Crippen MR) is 85.6 cm³/mol. The third-order valence-corrected chi connectivity index (χ3v) is 4.00. The van der Waals surface area contributed by atoms with Crippen LogP contribution in [0.5, 0.6) is 0 Å². The van der Waals surface area contributed by atoms with Crippen LogP contribution < -0.4 is 5.32 Å². The summed E-state index contributed by atoms with van der Waals surface area (Å²) >= 11 is 0. The van der Waals surface area contributed by atoms with Crippen LogP contribution in [0.3, 0.4) is 0 Å². The summed E-state index contributed by atoms with van der Waals surface area (Å²) in [6.45, 7) is -0.378. The largest absolute Gasteiger partial charge is 0.465 e. The van der Waals surface area contributed by atoms with Gasteiger partial charge < -0.3 is 10.1 Å². The quantitative estimate of drug-likeness (QED) is 0.824. The Bertz CT molecular complexity index is 841. The van der Waals surface area contributed by atoms with E-state index in [0.29, 0.717) is 5.69 Å². The van der Waals surface area contributed by atoms with Gasteiger partial charge in [-0.25, -0.2) is 4.79 Å². The molecule has 1 aliphatic rings. The average molecular weight is 367 g/mol. The molecule has 0 unspecified atom stereocenters. The van der Waals surface area contributed by atoms with Crippen molar-refractivity contribution in [3.05, 3.63) is 47.3 Å². The van der Waals surface area contributed by atoms with Crippen molar-refractivity contribution in [2.45, 2.75) is 31.5 Å². The minimum atomic E-state index is -4.57. The monoisotopic (exact) mass is 367 g/mol. The molecule has 1 heterocycles. The Morgan fingerprint density at radius 2 is 2.00 bits per heavy atom. The van der Waals surface area contributed by atoms with E-state index in [1.807, 2.05) is 0 Å². The van der Waals surface area contributed by atoms with Crippen molar-refractivity contribution < 1.29 is 27.5 Å². The minimum absolute atomic E-state index is 0.00578. The molecule has 6 nitrogen and oxygen atoms in total. The molecule has 0 aliphatic heterocycles. The van der Waals surface area contributed by atoms with Crippen molar-refractivity contribution in [1.29, 1.82) is 0 Å². The summed E-state index contributed by atoms with van der Waals surface area (Å²) < 4.78 is 44.4. The number of halogens is 3. The number of aromatic nitrogens is 2. The second-order valence-electron chi connectivity index (χ2n) is 5.97. The summed E-state index contributed by atoms with van der Waals surface area (Å²) in [4.78, 5) is 24.0. The molecular formula is C17H16F3N3O3. The number of amides is 1. The standard InChI is InChI=1S/C17H16F3N3O3/c1-26-16(25)11-4-2-3-5-12(11)21-15(24)9-23-13(10-6-7-10)8-14(22-23)17(18,19)20/h2-5,8,10H,6-7,9H2,1H3,(H,21,24). The molecule has 1 aromatic carbocycles. The molecule has 1 amide bonds. The highest BCUT2D eigenvalue weighted by molar-refractivity contribution is 6.01. The first-order valence-corrected chi connectivity index (χ1v) is 7.91. The van der Waals surface area contributed by atoms with Gasteiger partial charge in [0.05, 0.1) is 18.4 Å². The molecule has 1 aliphatic carbocycles. The fourth-order valence-corrected chi connectivity index (χ4v) is 2.61. The van der Waals surface area contributed by atoms with E-state index >= 15 is 0 Å². The van der Waals surface area contributed by atoms with Gasteiger partial charge in [0.15, 0.2) is 5.69 Å². The molecule has 2 aromatic rings. The lowest BCUT2D eigenvalue weighted by atomic mass is 10.2. The first-order chi connectivity index (χ1) is 12.3. The summed E-state index contributed by atoms with van der Waals surface area (Å²) in [5, 5.41) is 6.06. The van der Waals surface area contributed by atoms with Crippen LogP contribution in [0.1, 0.15) is 40.5 Å². The highest BCUT2D eigenvalue weighted by Crippen LogP contribution is 2.42. The van der Waals surface area contributed by atoms with Crippen molar-refractivity contribution in [1.82, 2.24) is 9.78 Å². The molecule has 1 N–H and O–H groups in total. The molecule has 0 spiro atoms. The van der Waals surface area contributed by atoms with Gasteiger partial charge in [0, 0.05) is 11.6 Å². The third-order valence-electron chi connectivity index (χ3n) is 4.00. The van der Waals surface area contributed by atoms with Crippen LogP contribution in [-0.2, 0) is 22.3 Å². The molecular weight excluding hydrogens is 351 g/mol. The molecule has 0 saturated heterocycles. The Hall–Kier alpha value is -2.84. The van der Waals surface area contributed by atoms with E-state index in [1.54, 1.807) is 12.1 Å². The van der Waals surface area contributed by atoms with E-state index in [4.69, 9.17) is 0 Å². The number of carbonyl (C=O) groups excluding carboxylic acids is 2. The van der Waals surface area contributed by atoms with Gasteiger partial charge in [-0.2, -0.15) is 18.3 Å². The van der Waals surface area contributed by atoms with Gasteiger partial charge in [-0.05, 0) is 31.0 Å². The van der Waals surface area contributed by atoms with Gasteiger partial charge in [-0.15, -0.1) is 0 Å². The highest BCUT2D eigenvalue weighted by Gasteiger charge is 2.38. The number of anilines is 1. The number of rotatable bonds is 5. The Balaban J connectivity index is 1.79. The Kier molecular flexibility index (Phi) is 4.71.